The molecule has 1 aromatic carbocycles. The van der Waals surface area contributed by atoms with Crippen molar-refractivity contribution >= 4 is 11.8 Å². The summed E-state index contributed by atoms with van der Waals surface area (Å²) >= 11 is 0. The van der Waals surface area contributed by atoms with Crippen molar-refractivity contribution in [2.24, 2.45) is 17.1 Å². The van der Waals surface area contributed by atoms with E-state index < -0.39 is 17.2 Å². The Kier molecular flexibility index (Phi) is 6.40. The summed E-state index contributed by atoms with van der Waals surface area (Å²) in [4.78, 5) is 23.5. The number of primary amides is 1. The summed E-state index contributed by atoms with van der Waals surface area (Å²) in [6, 6.07) is 7.55. The van der Waals surface area contributed by atoms with Crippen molar-refractivity contribution in [2.75, 3.05) is 13.2 Å². The molecule has 1 atom stereocenters. The molecule has 0 saturated heterocycles. The molecule has 0 unspecified atom stereocenters. The van der Waals surface area contributed by atoms with E-state index in [-0.39, 0.29) is 12.5 Å². The molecule has 0 saturated carbocycles. The SMILES string of the molecule is CCOc1ccc(C[C@@H](CNC(=O)C(C)(C)C)C(N)=O)cc1. The van der Waals surface area contributed by atoms with Gasteiger partial charge in [0.05, 0.1) is 12.5 Å². The number of rotatable bonds is 7. The molecule has 0 radical (unpaired) electrons. The predicted molar refractivity (Wildman–Crippen MR) is 86.5 cm³/mol. The van der Waals surface area contributed by atoms with Crippen LogP contribution in [0.25, 0.3) is 0 Å². The molecular formula is C17H26N2O3. The molecule has 0 aromatic heterocycles. The average Bonchev–Trinajstić information content (AvgIpc) is 2.43. The molecule has 0 bridgehead atoms. The normalized spacial score (nSPS) is 12.5. The number of ether oxygens (including phenoxy) is 1. The summed E-state index contributed by atoms with van der Waals surface area (Å²) in [6.45, 7) is 8.27. The Labute approximate surface area is 132 Å². The highest BCUT2D eigenvalue weighted by atomic mass is 16.5. The molecule has 22 heavy (non-hydrogen) atoms. The van der Waals surface area contributed by atoms with Crippen LogP contribution >= 0.6 is 0 Å². The zero-order chi connectivity index (χ0) is 16.8. The van der Waals surface area contributed by atoms with Gasteiger partial charge in [0.2, 0.25) is 11.8 Å². The van der Waals surface area contributed by atoms with Crippen molar-refractivity contribution in [1.29, 1.82) is 0 Å². The quantitative estimate of drug-likeness (QED) is 0.807. The van der Waals surface area contributed by atoms with Crippen molar-refractivity contribution in [3.8, 4) is 5.75 Å². The van der Waals surface area contributed by atoms with E-state index in [1.807, 2.05) is 52.0 Å². The standard InChI is InChI=1S/C17H26N2O3/c1-5-22-14-8-6-12(7-9-14)10-13(15(18)20)11-19-16(21)17(2,3)4/h6-9,13H,5,10-11H2,1-4H3,(H2,18,20)(H,19,21)/t13-/m0/s1. The van der Waals surface area contributed by atoms with Crippen molar-refractivity contribution in [3.63, 3.8) is 0 Å². The molecule has 0 aliphatic heterocycles. The number of amides is 2. The maximum absolute atomic E-state index is 11.9. The van der Waals surface area contributed by atoms with Gasteiger partial charge in [0, 0.05) is 12.0 Å². The maximum Gasteiger partial charge on any atom is 0.225 e. The molecule has 0 heterocycles. The summed E-state index contributed by atoms with van der Waals surface area (Å²) in [7, 11) is 0. The first-order chi connectivity index (χ1) is 10.2. The first-order valence-corrected chi connectivity index (χ1v) is 7.53. The van der Waals surface area contributed by atoms with Gasteiger partial charge in [-0.25, -0.2) is 0 Å². The van der Waals surface area contributed by atoms with Crippen molar-refractivity contribution in [1.82, 2.24) is 5.32 Å². The van der Waals surface area contributed by atoms with E-state index in [4.69, 9.17) is 10.5 Å². The monoisotopic (exact) mass is 306 g/mol. The highest BCUT2D eigenvalue weighted by Gasteiger charge is 2.23. The van der Waals surface area contributed by atoms with Crippen LogP contribution in [0.4, 0.5) is 0 Å². The Hall–Kier alpha value is -2.04. The third-order valence-corrected chi connectivity index (χ3v) is 3.31. The van der Waals surface area contributed by atoms with E-state index in [1.54, 1.807) is 0 Å². The van der Waals surface area contributed by atoms with Crippen LogP contribution < -0.4 is 15.8 Å². The van der Waals surface area contributed by atoms with Gasteiger partial charge in [0.25, 0.3) is 0 Å². The summed E-state index contributed by atoms with van der Waals surface area (Å²) in [6.07, 6.45) is 0.492. The second-order valence-corrected chi connectivity index (χ2v) is 6.34. The van der Waals surface area contributed by atoms with Crippen molar-refractivity contribution < 1.29 is 14.3 Å². The van der Waals surface area contributed by atoms with Gasteiger partial charge in [-0.2, -0.15) is 0 Å². The molecule has 1 rings (SSSR count). The largest absolute Gasteiger partial charge is 0.494 e. The third kappa shape index (κ3) is 5.76. The van der Waals surface area contributed by atoms with Crippen LogP contribution in [0.15, 0.2) is 24.3 Å². The number of nitrogens with two attached hydrogens (primary N) is 1. The molecule has 0 aliphatic rings. The second kappa shape index (κ2) is 7.82. The summed E-state index contributed by atoms with van der Waals surface area (Å²) < 4.78 is 5.38. The van der Waals surface area contributed by atoms with Gasteiger partial charge in [-0.1, -0.05) is 32.9 Å². The van der Waals surface area contributed by atoms with Crippen LogP contribution in [-0.4, -0.2) is 25.0 Å². The molecule has 0 spiro atoms. The minimum atomic E-state index is -0.485. The number of hydrogen-bond acceptors (Lipinski definition) is 3. The Morgan fingerprint density at radius 3 is 2.27 bits per heavy atom. The average molecular weight is 306 g/mol. The molecule has 0 aliphatic carbocycles. The molecule has 1 aromatic rings. The van der Waals surface area contributed by atoms with Crippen LogP contribution in [0.3, 0.4) is 0 Å². The van der Waals surface area contributed by atoms with Crippen LogP contribution in [0.2, 0.25) is 0 Å². The Morgan fingerprint density at radius 1 is 1.23 bits per heavy atom. The summed E-state index contributed by atoms with van der Waals surface area (Å²) in [5.74, 6) is -0.138. The van der Waals surface area contributed by atoms with Crippen LogP contribution in [0.1, 0.15) is 33.3 Å². The molecule has 122 valence electrons. The minimum absolute atomic E-state index is 0.0922. The van der Waals surface area contributed by atoms with Crippen molar-refractivity contribution in [2.45, 2.75) is 34.1 Å². The van der Waals surface area contributed by atoms with Crippen LogP contribution in [0.5, 0.6) is 5.75 Å². The minimum Gasteiger partial charge on any atom is -0.494 e. The van der Waals surface area contributed by atoms with E-state index in [0.29, 0.717) is 13.0 Å². The number of carbonyl (C=O) groups is 2. The molecular weight excluding hydrogens is 280 g/mol. The fourth-order valence-electron chi connectivity index (χ4n) is 1.93. The number of carbonyl (C=O) groups excluding carboxylic acids is 2. The van der Waals surface area contributed by atoms with Gasteiger partial charge < -0.3 is 15.8 Å². The van der Waals surface area contributed by atoms with E-state index in [2.05, 4.69) is 5.32 Å². The van der Waals surface area contributed by atoms with E-state index in [9.17, 15) is 9.59 Å². The predicted octanol–water partition coefficient (Wildman–Crippen LogP) is 1.89. The molecule has 3 N–H and O–H groups in total. The molecule has 5 nitrogen and oxygen atoms in total. The molecule has 0 fully saturated rings. The first kappa shape index (κ1) is 18.0. The third-order valence-electron chi connectivity index (χ3n) is 3.31. The highest BCUT2D eigenvalue weighted by molar-refractivity contribution is 5.82. The van der Waals surface area contributed by atoms with Gasteiger partial charge >= 0.3 is 0 Å². The van der Waals surface area contributed by atoms with Crippen LogP contribution in [0, 0.1) is 11.3 Å². The van der Waals surface area contributed by atoms with Gasteiger partial charge in [-0.3, -0.25) is 9.59 Å². The highest BCUT2D eigenvalue weighted by Crippen LogP contribution is 2.16. The lowest BCUT2D eigenvalue weighted by Crippen LogP contribution is -2.41. The molecule has 2 amide bonds. The summed E-state index contributed by atoms with van der Waals surface area (Å²) in [5.41, 5.74) is 5.94. The number of nitrogens with one attached hydrogen (secondary N) is 1. The smallest absolute Gasteiger partial charge is 0.225 e. The van der Waals surface area contributed by atoms with E-state index in [0.717, 1.165) is 11.3 Å². The van der Waals surface area contributed by atoms with Gasteiger partial charge in [-0.15, -0.1) is 0 Å². The van der Waals surface area contributed by atoms with Gasteiger partial charge in [-0.05, 0) is 31.0 Å². The maximum atomic E-state index is 11.9. The van der Waals surface area contributed by atoms with E-state index in [1.165, 1.54) is 0 Å². The lowest BCUT2D eigenvalue weighted by Gasteiger charge is -2.20. The number of hydrogen-bond donors (Lipinski definition) is 2. The first-order valence-electron chi connectivity index (χ1n) is 7.53. The second-order valence-electron chi connectivity index (χ2n) is 6.34. The van der Waals surface area contributed by atoms with E-state index >= 15 is 0 Å². The zero-order valence-corrected chi connectivity index (χ0v) is 13.8. The fraction of sp³-hybridized carbons (Fsp3) is 0.529. The van der Waals surface area contributed by atoms with Crippen LogP contribution in [-0.2, 0) is 16.0 Å². The molecule has 5 heteroatoms. The zero-order valence-electron chi connectivity index (χ0n) is 13.8. The lowest BCUT2D eigenvalue weighted by molar-refractivity contribution is -0.129. The van der Waals surface area contributed by atoms with Crippen molar-refractivity contribution in [3.05, 3.63) is 29.8 Å². The van der Waals surface area contributed by atoms with Gasteiger partial charge in [0.15, 0.2) is 0 Å². The Balaban J connectivity index is 2.64. The summed E-state index contributed by atoms with van der Waals surface area (Å²) in [5, 5.41) is 2.79. The lowest BCUT2D eigenvalue weighted by atomic mass is 9.94. The fourth-order valence-corrected chi connectivity index (χ4v) is 1.93. The van der Waals surface area contributed by atoms with Gasteiger partial charge in [0.1, 0.15) is 5.75 Å². The Morgan fingerprint density at radius 2 is 1.82 bits per heavy atom. The number of benzene rings is 1. The topological polar surface area (TPSA) is 81.4 Å². The Bertz CT molecular complexity index is 504.